The number of amides is 1. The molecule has 0 spiro atoms. The molecular weight excluding hydrogens is 337 g/mol. The summed E-state index contributed by atoms with van der Waals surface area (Å²) < 4.78 is 13.2. The van der Waals surface area contributed by atoms with E-state index in [0.717, 1.165) is 16.0 Å². The number of halogens is 1. The Hall–Kier alpha value is -2.66. The number of nitrogens with one attached hydrogen (secondary N) is 1. The number of thiophene rings is 1. The zero-order chi connectivity index (χ0) is 17.6. The van der Waals surface area contributed by atoms with Crippen molar-refractivity contribution in [3.63, 3.8) is 0 Å². The Morgan fingerprint density at radius 1 is 1.08 bits per heavy atom. The first-order valence-corrected chi connectivity index (χ1v) is 8.86. The third-order valence-electron chi connectivity index (χ3n) is 3.95. The summed E-state index contributed by atoms with van der Waals surface area (Å²) in [5.74, 6) is -0.228. The van der Waals surface area contributed by atoms with Gasteiger partial charge in [-0.2, -0.15) is 0 Å². The molecule has 3 aromatic rings. The van der Waals surface area contributed by atoms with E-state index in [4.69, 9.17) is 0 Å². The standard InChI is InChI=1S/C20H18FNO2S/c21-16-10-7-15(8-11-16)20(18-6-3-13-25-18)22-19(24)12-9-14-4-1-2-5-17(14)23/h1-8,10-11,13,20,23H,9,12H2,(H,22,24). The second-order valence-corrected chi connectivity index (χ2v) is 6.68. The summed E-state index contributed by atoms with van der Waals surface area (Å²) in [5.41, 5.74) is 1.58. The average Bonchev–Trinajstić information content (AvgIpc) is 3.14. The lowest BCUT2D eigenvalue weighted by Gasteiger charge is -2.18. The zero-order valence-corrected chi connectivity index (χ0v) is 14.3. The molecule has 0 aliphatic rings. The van der Waals surface area contributed by atoms with E-state index in [9.17, 15) is 14.3 Å². The van der Waals surface area contributed by atoms with Crippen LogP contribution in [-0.4, -0.2) is 11.0 Å². The van der Waals surface area contributed by atoms with Gasteiger partial charge in [-0.05, 0) is 47.2 Å². The second kappa shape index (κ2) is 7.94. The van der Waals surface area contributed by atoms with Crippen molar-refractivity contribution in [3.8, 4) is 5.75 Å². The van der Waals surface area contributed by atoms with E-state index in [1.54, 1.807) is 41.7 Å². The number of phenols is 1. The van der Waals surface area contributed by atoms with E-state index in [1.807, 2.05) is 23.6 Å². The van der Waals surface area contributed by atoms with Crippen molar-refractivity contribution in [2.45, 2.75) is 18.9 Å². The first-order chi connectivity index (χ1) is 12.1. The Morgan fingerprint density at radius 3 is 2.52 bits per heavy atom. The Balaban J connectivity index is 1.71. The van der Waals surface area contributed by atoms with Gasteiger partial charge in [-0.1, -0.05) is 36.4 Å². The Bertz CT molecular complexity index is 831. The minimum atomic E-state index is -0.308. The summed E-state index contributed by atoms with van der Waals surface area (Å²) in [5, 5.41) is 14.8. The summed E-state index contributed by atoms with van der Waals surface area (Å²) in [6, 6.07) is 16.7. The molecule has 128 valence electrons. The molecule has 0 bridgehead atoms. The molecule has 0 aliphatic carbocycles. The summed E-state index contributed by atoms with van der Waals surface area (Å²) in [6.07, 6.45) is 0.722. The Kier molecular flexibility index (Phi) is 5.46. The molecule has 0 fully saturated rings. The van der Waals surface area contributed by atoms with E-state index in [2.05, 4.69) is 5.32 Å². The van der Waals surface area contributed by atoms with E-state index < -0.39 is 0 Å². The van der Waals surface area contributed by atoms with Gasteiger partial charge >= 0.3 is 0 Å². The molecule has 25 heavy (non-hydrogen) atoms. The van der Waals surface area contributed by atoms with Gasteiger partial charge in [-0.25, -0.2) is 4.39 Å². The van der Waals surface area contributed by atoms with Crippen LogP contribution in [0.15, 0.2) is 66.0 Å². The van der Waals surface area contributed by atoms with Crippen LogP contribution in [0.4, 0.5) is 4.39 Å². The number of rotatable bonds is 6. The molecule has 1 amide bonds. The van der Waals surface area contributed by atoms with Crippen LogP contribution in [0, 0.1) is 5.82 Å². The molecule has 0 saturated carbocycles. The largest absolute Gasteiger partial charge is 0.508 e. The van der Waals surface area contributed by atoms with Crippen LogP contribution >= 0.6 is 11.3 Å². The predicted octanol–water partition coefficient (Wildman–Crippen LogP) is 4.43. The molecule has 0 aliphatic heterocycles. The predicted molar refractivity (Wildman–Crippen MR) is 97.1 cm³/mol. The van der Waals surface area contributed by atoms with Gasteiger partial charge in [0.25, 0.3) is 0 Å². The highest BCUT2D eigenvalue weighted by Crippen LogP contribution is 2.26. The highest BCUT2D eigenvalue weighted by atomic mass is 32.1. The minimum absolute atomic E-state index is 0.119. The molecule has 1 aromatic heterocycles. The maximum absolute atomic E-state index is 13.2. The summed E-state index contributed by atoms with van der Waals surface area (Å²) >= 11 is 1.54. The van der Waals surface area contributed by atoms with Gasteiger partial charge in [0.15, 0.2) is 0 Å². The van der Waals surface area contributed by atoms with E-state index >= 15 is 0 Å². The number of hydrogen-bond donors (Lipinski definition) is 2. The number of carbonyl (C=O) groups is 1. The van der Waals surface area contributed by atoms with Gasteiger partial charge in [-0.15, -0.1) is 11.3 Å². The van der Waals surface area contributed by atoms with Gasteiger partial charge in [0.2, 0.25) is 5.91 Å². The van der Waals surface area contributed by atoms with Crippen LogP contribution in [0.3, 0.4) is 0 Å². The third kappa shape index (κ3) is 4.45. The Morgan fingerprint density at radius 2 is 1.84 bits per heavy atom. The maximum Gasteiger partial charge on any atom is 0.221 e. The van der Waals surface area contributed by atoms with Crippen molar-refractivity contribution in [2.75, 3.05) is 0 Å². The normalized spacial score (nSPS) is 11.9. The smallest absolute Gasteiger partial charge is 0.221 e. The number of benzene rings is 2. The van der Waals surface area contributed by atoms with E-state index in [1.165, 1.54) is 12.1 Å². The highest BCUT2D eigenvalue weighted by molar-refractivity contribution is 7.10. The minimum Gasteiger partial charge on any atom is -0.508 e. The van der Waals surface area contributed by atoms with Crippen molar-refractivity contribution in [3.05, 3.63) is 87.9 Å². The number of aryl methyl sites for hydroxylation is 1. The van der Waals surface area contributed by atoms with Crippen LogP contribution < -0.4 is 5.32 Å². The highest BCUT2D eigenvalue weighted by Gasteiger charge is 2.18. The lowest BCUT2D eigenvalue weighted by Crippen LogP contribution is -2.29. The molecule has 1 unspecified atom stereocenters. The number of para-hydroxylation sites is 1. The molecule has 0 saturated heterocycles. The molecule has 2 aromatic carbocycles. The first-order valence-electron chi connectivity index (χ1n) is 7.98. The van der Waals surface area contributed by atoms with Crippen molar-refractivity contribution in [1.29, 1.82) is 0 Å². The summed E-state index contributed by atoms with van der Waals surface area (Å²) in [4.78, 5) is 13.4. The fourth-order valence-corrected chi connectivity index (χ4v) is 3.44. The van der Waals surface area contributed by atoms with Crippen LogP contribution in [0.2, 0.25) is 0 Å². The monoisotopic (exact) mass is 355 g/mol. The molecule has 3 rings (SSSR count). The van der Waals surface area contributed by atoms with Crippen LogP contribution in [0.5, 0.6) is 5.75 Å². The van der Waals surface area contributed by atoms with Crippen molar-refractivity contribution >= 4 is 17.2 Å². The SMILES string of the molecule is O=C(CCc1ccccc1O)NC(c1ccc(F)cc1)c1cccs1. The second-order valence-electron chi connectivity index (χ2n) is 5.70. The fraction of sp³-hybridized carbons (Fsp3) is 0.150. The lowest BCUT2D eigenvalue weighted by molar-refractivity contribution is -0.121. The molecule has 3 nitrogen and oxygen atoms in total. The molecule has 2 N–H and O–H groups in total. The first kappa shape index (κ1) is 17.2. The fourth-order valence-electron chi connectivity index (χ4n) is 2.63. The zero-order valence-electron chi connectivity index (χ0n) is 13.5. The van der Waals surface area contributed by atoms with Gasteiger partial charge in [0, 0.05) is 11.3 Å². The van der Waals surface area contributed by atoms with Crippen LogP contribution in [0.25, 0.3) is 0 Å². The topological polar surface area (TPSA) is 49.3 Å². The Labute approximate surface area is 149 Å². The summed E-state index contributed by atoms with van der Waals surface area (Å²) in [6.45, 7) is 0. The van der Waals surface area contributed by atoms with E-state index in [0.29, 0.717) is 6.42 Å². The molecular formula is C20H18FNO2S. The summed E-state index contributed by atoms with van der Waals surface area (Å²) in [7, 11) is 0. The van der Waals surface area contributed by atoms with Gasteiger partial charge < -0.3 is 10.4 Å². The number of phenolic OH excluding ortho intramolecular Hbond substituents is 1. The number of aromatic hydroxyl groups is 1. The van der Waals surface area contributed by atoms with Crippen LogP contribution in [-0.2, 0) is 11.2 Å². The van der Waals surface area contributed by atoms with Crippen LogP contribution in [0.1, 0.15) is 28.5 Å². The van der Waals surface area contributed by atoms with E-state index in [-0.39, 0.29) is 29.9 Å². The molecule has 1 atom stereocenters. The van der Waals surface area contributed by atoms with Gasteiger partial charge in [0.05, 0.1) is 6.04 Å². The molecule has 0 radical (unpaired) electrons. The molecule has 1 heterocycles. The quantitative estimate of drug-likeness (QED) is 0.687. The average molecular weight is 355 g/mol. The lowest BCUT2D eigenvalue weighted by atomic mass is 10.0. The number of hydrogen-bond acceptors (Lipinski definition) is 3. The third-order valence-corrected chi connectivity index (χ3v) is 4.89. The van der Waals surface area contributed by atoms with Crippen molar-refractivity contribution < 1.29 is 14.3 Å². The maximum atomic E-state index is 13.2. The van der Waals surface area contributed by atoms with Gasteiger partial charge in [0.1, 0.15) is 11.6 Å². The number of carbonyl (C=O) groups excluding carboxylic acids is 1. The van der Waals surface area contributed by atoms with Crippen molar-refractivity contribution in [2.24, 2.45) is 0 Å². The van der Waals surface area contributed by atoms with Crippen molar-refractivity contribution in [1.82, 2.24) is 5.32 Å². The van der Waals surface area contributed by atoms with Gasteiger partial charge in [-0.3, -0.25) is 4.79 Å². The molecule has 5 heteroatoms.